The SMILES string of the molecule is COC(=O)c1ccc(S(=O)(=O)N[C@H](C)Cc2csc3ccccc23)cc1. The Hall–Kier alpha value is -2.22. The lowest BCUT2D eigenvalue weighted by Gasteiger charge is -2.14. The molecule has 136 valence electrons. The standard InChI is InChI=1S/C19H19NO4S2/c1-13(11-15-12-25-18-6-4-3-5-17(15)18)20-26(22,23)16-9-7-14(8-10-16)19(21)24-2/h3-10,12-13,20H,11H2,1-2H3/t13-/m1/s1. The number of esters is 1. The molecule has 0 fully saturated rings. The van der Waals surface area contributed by atoms with Gasteiger partial charge < -0.3 is 4.74 Å². The van der Waals surface area contributed by atoms with Crippen LogP contribution in [0.5, 0.6) is 0 Å². The number of fused-ring (bicyclic) bond motifs is 1. The highest BCUT2D eigenvalue weighted by Gasteiger charge is 2.19. The highest BCUT2D eigenvalue weighted by molar-refractivity contribution is 7.89. The van der Waals surface area contributed by atoms with Crippen LogP contribution >= 0.6 is 11.3 Å². The molecule has 0 saturated heterocycles. The summed E-state index contributed by atoms with van der Waals surface area (Å²) in [6.45, 7) is 1.84. The number of rotatable bonds is 6. The Bertz CT molecular complexity index is 1020. The molecule has 1 N–H and O–H groups in total. The molecule has 1 aromatic heterocycles. The molecule has 7 heteroatoms. The minimum atomic E-state index is -3.66. The molecular formula is C19H19NO4S2. The Morgan fingerprint density at radius 3 is 2.54 bits per heavy atom. The molecule has 3 rings (SSSR count). The normalized spacial score (nSPS) is 12.8. The number of thiophene rings is 1. The van der Waals surface area contributed by atoms with Crippen LogP contribution in [0, 0.1) is 0 Å². The van der Waals surface area contributed by atoms with Gasteiger partial charge in [-0.15, -0.1) is 11.3 Å². The highest BCUT2D eigenvalue weighted by atomic mass is 32.2. The van der Waals surface area contributed by atoms with E-state index in [9.17, 15) is 13.2 Å². The Kier molecular flexibility index (Phi) is 5.41. The van der Waals surface area contributed by atoms with Gasteiger partial charge in [0.15, 0.2) is 0 Å². The molecule has 0 spiro atoms. The average Bonchev–Trinajstić information content (AvgIpc) is 3.03. The summed E-state index contributed by atoms with van der Waals surface area (Å²) in [6, 6.07) is 13.5. The zero-order valence-corrected chi connectivity index (χ0v) is 16.1. The molecule has 26 heavy (non-hydrogen) atoms. The van der Waals surface area contributed by atoms with Crippen molar-refractivity contribution < 1.29 is 17.9 Å². The maximum absolute atomic E-state index is 12.6. The van der Waals surface area contributed by atoms with Crippen LogP contribution in [-0.2, 0) is 21.2 Å². The van der Waals surface area contributed by atoms with E-state index in [4.69, 9.17) is 0 Å². The maximum Gasteiger partial charge on any atom is 0.337 e. The molecule has 0 radical (unpaired) electrons. The molecule has 0 amide bonds. The first-order valence-corrected chi connectivity index (χ1v) is 10.4. The molecule has 0 saturated carbocycles. The van der Waals surface area contributed by atoms with Crippen LogP contribution in [-0.4, -0.2) is 27.5 Å². The predicted octanol–water partition coefficient (Wildman–Crippen LogP) is 3.60. The quantitative estimate of drug-likeness (QED) is 0.654. The summed E-state index contributed by atoms with van der Waals surface area (Å²) >= 11 is 1.66. The van der Waals surface area contributed by atoms with Crippen molar-refractivity contribution in [2.75, 3.05) is 7.11 Å². The summed E-state index contributed by atoms with van der Waals surface area (Å²) in [5, 5.41) is 3.23. The van der Waals surface area contributed by atoms with Crippen LogP contribution in [0.1, 0.15) is 22.8 Å². The zero-order valence-electron chi connectivity index (χ0n) is 14.4. The van der Waals surface area contributed by atoms with Crippen molar-refractivity contribution in [1.29, 1.82) is 0 Å². The van der Waals surface area contributed by atoms with Gasteiger partial charge in [0, 0.05) is 10.7 Å². The second-order valence-electron chi connectivity index (χ2n) is 6.00. The Morgan fingerprint density at radius 1 is 1.15 bits per heavy atom. The predicted molar refractivity (Wildman–Crippen MR) is 103 cm³/mol. The molecule has 1 atom stereocenters. The van der Waals surface area contributed by atoms with Crippen molar-refractivity contribution >= 4 is 37.4 Å². The van der Waals surface area contributed by atoms with Gasteiger partial charge in [-0.3, -0.25) is 0 Å². The van der Waals surface area contributed by atoms with Crippen molar-refractivity contribution in [2.24, 2.45) is 0 Å². The summed E-state index contributed by atoms with van der Waals surface area (Å²) in [5.74, 6) is -0.500. The van der Waals surface area contributed by atoms with Crippen LogP contribution < -0.4 is 4.72 Å². The zero-order chi connectivity index (χ0) is 18.7. The summed E-state index contributed by atoms with van der Waals surface area (Å²) in [4.78, 5) is 11.6. The van der Waals surface area contributed by atoms with E-state index >= 15 is 0 Å². The second kappa shape index (κ2) is 7.57. The van der Waals surface area contributed by atoms with Gasteiger partial charge in [-0.1, -0.05) is 18.2 Å². The molecule has 0 unspecified atom stereocenters. The number of ether oxygens (including phenoxy) is 1. The molecule has 3 aromatic rings. The molecule has 0 aliphatic heterocycles. The van der Waals surface area contributed by atoms with Gasteiger partial charge in [0.05, 0.1) is 17.6 Å². The van der Waals surface area contributed by atoms with Crippen molar-refractivity contribution in [1.82, 2.24) is 4.72 Å². The minimum absolute atomic E-state index is 0.118. The van der Waals surface area contributed by atoms with E-state index in [2.05, 4.69) is 20.9 Å². The summed E-state index contributed by atoms with van der Waals surface area (Å²) in [7, 11) is -2.38. The number of methoxy groups -OCH3 is 1. The lowest BCUT2D eigenvalue weighted by molar-refractivity contribution is 0.0600. The Balaban J connectivity index is 1.73. The van der Waals surface area contributed by atoms with Crippen LogP contribution in [0.4, 0.5) is 0 Å². The number of carbonyl (C=O) groups excluding carboxylic acids is 1. The highest BCUT2D eigenvalue weighted by Crippen LogP contribution is 2.26. The smallest absolute Gasteiger partial charge is 0.337 e. The van der Waals surface area contributed by atoms with Gasteiger partial charge in [-0.2, -0.15) is 0 Å². The van der Waals surface area contributed by atoms with Crippen LogP contribution in [0.3, 0.4) is 0 Å². The third-order valence-electron chi connectivity index (χ3n) is 4.03. The van der Waals surface area contributed by atoms with E-state index in [1.165, 1.54) is 36.1 Å². The largest absolute Gasteiger partial charge is 0.465 e. The van der Waals surface area contributed by atoms with Crippen LogP contribution in [0.2, 0.25) is 0 Å². The molecule has 0 bridgehead atoms. The van der Waals surface area contributed by atoms with Gasteiger partial charge in [-0.05, 0) is 60.0 Å². The van der Waals surface area contributed by atoms with Crippen LogP contribution in [0.25, 0.3) is 10.1 Å². The lowest BCUT2D eigenvalue weighted by Crippen LogP contribution is -2.34. The molecular weight excluding hydrogens is 370 g/mol. The van der Waals surface area contributed by atoms with E-state index in [1.807, 2.05) is 25.1 Å². The van der Waals surface area contributed by atoms with Gasteiger partial charge in [-0.25, -0.2) is 17.9 Å². The third-order valence-corrected chi connectivity index (χ3v) is 6.65. The monoisotopic (exact) mass is 389 g/mol. The van der Waals surface area contributed by atoms with E-state index < -0.39 is 16.0 Å². The molecule has 1 heterocycles. The number of hydrogen-bond acceptors (Lipinski definition) is 5. The second-order valence-corrected chi connectivity index (χ2v) is 8.62. The van der Waals surface area contributed by atoms with Crippen molar-refractivity contribution in [3.63, 3.8) is 0 Å². The first-order chi connectivity index (χ1) is 12.4. The maximum atomic E-state index is 12.6. The third kappa shape index (κ3) is 3.95. The Labute approximate surface area is 156 Å². The van der Waals surface area contributed by atoms with Crippen LogP contribution in [0.15, 0.2) is 58.8 Å². The van der Waals surface area contributed by atoms with E-state index in [1.54, 1.807) is 11.3 Å². The fourth-order valence-electron chi connectivity index (χ4n) is 2.78. The van der Waals surface area contributed by atoms with Gasteiger partial charge in [0.25, 0.3) is 0 Å². The number of nitrogens with one attached hydrogen (secondary N) is 1. The van der Waals surface area contributed by atoms with Gasteiger partial charge in [0.2, 0.25) is 10.0 Å². The molecule has 2 aromatic carbocycles. The van der Waals surface area contributed by atoms with Crippen molar-refractivity contribution in [3.8, 4) is 0 Å². The fourth-order valence-corrected chi connectivity index (χ4v) is 5.00. The first-order valence-electron chi connectivity index (χ1n) is 8.06. The summed E-state index contributed by atoms with van der Waals surface area (Å²) < 4.78 is 33.6. The Morgan fingerprint density at radius 2 is 1.85 bits per heavy atom. The molecule has 0 aliphatic carbocycles. The number of hydrogen-bond donors (Lipinski definition) is 1. The summed E-state index contributed by atoms with van der Waals surface area (Å²) in [5.41, 5.74) is 1.44. The van der Waals surface area contributed by atoms with Gasteiger partial charge >= 0.3 is 5.97 Å². The first kappa shape index (κ1) is 18.6. The van der Waals surface area contributed by atoms with E-state index in [0.29, 0.717) is 12.0 Å². The number of benzene rings is 2. The molecule has 0 aliphatic rings. The average molecular weight is 389 g/mol. The van der Waals surface area contributed by atoms with E-state index in [-0.39, 0.29) is 10.9 Å². The summed E-state index contributed by atoms with van der Waals surface area (Å²) in [6.07, 6.45) is 0.601. The van der Waals surface area contributed by atoms with Crippen molar-refractivity contribution in [3.05, 3.63) is 65.0 Å². The lowest BCUT2D eigenvalue weighted by atomic mass is 10.1. The van der Waals surface area contributed by atoms with E-state index in [0.717, 1.165) is 10.9 Å². The fraction of sp³-hybridized carbons (Fsp3) is 0.211. The van der Waals surface area contributed by atoms with Gasteiger partial charge in [0.1, 0.15) is 0 Å². The van der Waals surface area contributed by atoms with Crippen molar-refractivity contribution in [2.45, 2.75) is 24.3 Å². The topological polar surface area (TPSA) is 72.5 Å². The molecule has 5 nitrogen and oxygen atoms in total. The number of carbonyl (C=O) groups is 1. The minimum Gasteiger partial charge on any atom is -0.465 e. The number of sulfonamides is 1.